The number of benzene rings is 2. The standard InChI is InChI=1S/C30H35FN4O2S/c1-30(2,3)29(37)35-27-26(34-25(18-32-27)20-11-8-12-22(15-20)38-4)21-13-14-23(24(31)16-21)28(36)33-17-19-9-6-5-7-10-19/h5-7,9-10,13-14,16,18,20,22H,8,11-12,15,17H2,1-4H3,(H,33,36)(H,32,35,37). The molecule has 1 saturated carbocycles. The topological polar surface area (TPSA) is 84.0 Å². The Labute approximate surface area is 228 Å². The molecular weight excluding hydrogens is 499 g/mol. The van der Waals surface area contributed by atoms with E-state index in [9.17, 15) is 9.59 Å². The smallest absolute Gasteiger partial charge is 0.254 e. The van der Waals surface area contributed by atoms with Crippen LogP contribution >= 0.6 is 11.8 Å². The maximum absolute atomic E-state index is 15.2. The van der Waals surface area contributed by atoms with E-state index in [0.29, 0.717) is 23.1 Å². The summed E-state index contributed by atoms with van der Waals surface area (Å²) in [6.45, 7) is 5.75. The summed E-state index contributed by atoms with van der Waals surface area (Å²) in [5, 5.41) is 6.22. The molecule has 4 rings (SSSR count). The molecule has 2 N–H and O–H groups in total. The quantitative estimate of drug-likeness (QED) is 0.357. The molecule has 0 saturated heterocycles. The number of anilines is 1. The second-order valence-electron chi connectivity index (χ2n) is 10.8. The molecule has 200 valence electrons. The number of hydrogen-bond acceptors (Lipinski definition) is 5. The number of carbonyl (C=O) groups excluding carboxylic acids is 2. The van der Waals surface area contributed by atoms with E-state index >= 15 is 4.39 Å². The molecule has 1 aromatic heterocycles. The van der Waals surface area contributed by atoms with Crippen molar-refractivity contribution in [3.8, 4) is 11.3 Å². The lowest BCUT2D eigenvalue weighted by molar-refractivity contribution is -0.123. The number of nitrogens with zero attached hydrogens (tertiary/aromatic N) is 2. The summed E-state index contributed by atoms with van der Waals surface area (Å²) in [5.74, 6) is -0.824. The average Bonchev–Trinajstić information content (AvgIpc) is 2.92. The number of carbonyl (C=O) groups is 2. The van der Waals surface area contributed by atoms with Gasteiger partial charge in [0.1, 0.15) is 11.5 Å². The highest BCUT2D eigenvalue weighted by Gasteiger charge is 2.27. The van der Waals surface area contributed by atoms with E-state index < -0.39 is 17.1 Å². The van der Waals surface area contributed by atoms with E-state index in [-0.39, 0.29) is 23.2 Å². The zero-order chi connectivity index (χ0) is 27.3. The van der Waals surface area contributed by atoms with E-state index in [1.807, 2.05) is 62.9 Å². The molecule has 1 fully saturated rings. The van der Waals surface area contributed by atoms with Gasteiger partial charge >= 0.3 is 0 Å². The normalized spacial score (nSPS) is 17.6. The highest BCUT2D eigenvalue weighted by molar-refractivity contribution is 7.99. The number of aromatic nitrogens is 2. The van der Waals surface area contributed by atoms with Crippen molar-refractivity contribution in [2.45, 2.75) is 64.2 Å². The monoisotopic (exact) mass is 534 g/mol. The summed E-state index contributed by atoms with van der Waals surface area (Å²) >= 11 is 1.88. The van der Waals surface area contributed by atoms with Crippen LogP contribution in [-0.2, 0) is 11.3 Å². The predicted molar refractivity (Wildman–Crippen MR) is 152 cm³/mol. The van der Waals surface area contributed by atoms with Crippen molar-refractivity contribution < 1.29 is 14.0 Å². The summed E-state index contributed by atoms with van der Waals surface area (Å²) in [6, 6.07) is 13.9. The van der Waals surface area contributed by atoms with E-state index in [1.165, 1.54) is 18.6 Å². The molecule has 3 aromatic rings. The molecule has 2 amide bonds. The number of rotatable bonds is 7. The lowest BCUT2D eigenvalue weighted by Crippen LogP contribution is -2.28. The minimum Gasteiger partial charge on any atom is -0.348 e. The summed E-state index contributed by atoms with van der Waals surface area (Å²) in [6.07, 6.45) is 8.21. The molecule has 0 bridgehead atoms. The average molecular weight is 535 g/mol. The largest absolute Gasteiger partial charge is 0.348 e. The molecule has 0 spiro atoms. The molecule has 0 aliphatic heterocycles. The Morgan fingerprint density at radius 3 is 2.55 bits per heavy atom. The van der Waals surface area contributed by atoms with Gasteiger partial charge in [-0.25, -0.2) is 14.4 Å². The number of amides is 2. The first-order valence-corrected chi connectivity index (χ1v) is 14.3. The first-order chi connectivity index (χ1) is 18.2. The highest BCUT2D eigenvalue weighted by Crippen LogP contribution is 2.38. The van der Waals surface area contributed by atoms with Gasteiger partial charge in [-0.1, -0.05) is 63.6 Å². The Balaban J connectivity index is 1.63. The lowest BCUT2D eigenvalue weighted by atomic mass is 9.86. The zero-order valence-corrected chi connectivity index (χ0v) is 23.2. The van der Waals surface area contributed by atoms with Crippen LogP contribution in [0, 0.1) is 11.2 Å². The van der Waals surface area contributed by atoms with Crippen LogP contribution in [-0.4, -0.2) is 33.3 Å². The van der Waals surface area contributed by atoms with Gasteiger partial charge in [0.2, 0.25) is 5.91 Å². The van der Waals surface area contributed by atoms with Crippen LogP contribution in [0.1, 0.15) is 74.0 Å². The number of thioether (sulfide) groups is 1. The van der Waals surface area contributed by atoms with Crippen LogP contribution in [0.4, 0.5) is 10.2 Å². The summed E-state index contributed by atoms with van der Waals surface area (Å²) in [4.78, 5) is 35.0. The van der Waals surface area contributed by atoms with Crippen molar-refractivity contribution in [2.75, 3.05) is 11.6 Å². The maximum atomic E-state index is 15.2. The molecule has 38 heavy (non-hydrogen) atoms. The fourth-order valence-corrected chi connectivity index (χ4v) is 5.36. The van der Waals surface area contributed by atoms with Gasteiger partial charge in [-0.3, -0.25) is 9.59 Å². The molecule has 6 nitrogen and oxygen atoms in total. The van der Waals surface area contributed by atoms with Gasteiger partial charge < -0.3 is 10.6 Å². The van der Waals surface area contributed by atoms with Crippen molar-refractivity contribution in [3.63, 3.8) is 0 Å². The van der Waals surface area contributed by atoms with Crippen LogP contribution in [0.5, 0.6) is 0 Å². The fourth-order valence-electron chi connectivity index (χ4n) is 4.53. The summed E-state index contributed by atoms with van der Waals surface area (Å²) < 4.78 is 15.2. The Hall–Kier alpha value is -3.26. The number of hydrogen-bond donors (Lipinski definition) is 2. The van der Waals surface area contributed by atoms with Crippen LogP contribution in [0.15, 0.2) is 54.7 Å². The third kappa shape index (κ3) is 6.78. The van der Waals surface area contributed by atoms with Gasteiger partial charge in [-0.05, 0) is 43.2 Å². The summed E-state index contributed by atoms with van der Waals surface area (Å²) in [5.41, 5.74) is 1.94. The molecule has 8 heteroatoms. The lowest BCUT2D eigenvalue weighted by Gasteiger charge is -2.28. The molecule has 1 heterocycles. The molecule has 2 aromatic carbocycles. The van der Waals surface area contributed by atoms with Crippen molar-refractivity contribution in [1.29, 1.82) is 0 Å². The van der Waals surface area contributed by atoms with Crippen LogP contribution in [0.25, 0.3) is 11.3 Å². The van der Waals surface area contributed by atoms with Gasteiger partial charge in [-0.15, -0.1) is 0 Å². The second kappa shape index (κ2) is 12.1. The first-order valence-electron chi connectivity index (χ1n) is 13.0. The molecule has 1 aliphatic carbocycles. The molecular formula is C30H35FN4O2S. The minimum absolute atomic E-state index is 0.0517. The van der Waals surface area contributed by atoms with Crippen LogP contribution < -0.4 is 10.6 Å². The van der Waals surface area contributed by atoms with Gasteiger partial charge in [0.05, 0.1) is 17.5 Å². The number of halogens is 1. The van der Waals surface area contributed by atoms with Crippen LogP contribution in [0.3, 0.4) is 0 Å². The van der Waals surface area contributed by atoms with E-state index in [1.54, 1.807) is 12.3 Å². The molecule has 2 unspecified atom stereocenters. The van der Waals surface area contributed by atoms with Gasteiger partial charge in [0, 0.05) is 28.7 Å². The predicted octanol–water partition coefficient (Wildman–Crippen LogP) is 6.59. The van der Waals surface area contributed by atoms with Crippen molar-refractivity contribution >= 4 is 29.4 Å². The summed E-state index contributed by atoms with van der Waals surface area (Å²) in [7, 11) is 0. The Kier molecular flexibility index (Phi) is 8.82. The van der Waals surface area contributed by atoms with E-state index in [0.717, 1.165) is 30.5 Å². The third-order valence-corrected chi connectivity index (χ3v) is 7.96. The second-order valence-corrected chi connectivity index (χ2v) is 11.9. The SMILES string of the molecule is CSC1CCCC(c2cnc(NC(=O)C(C)(C)C)c(-c3ccc(C(=O)NCc4ccccc4)c(F)c3)n2)C1. The van der Waals surface area contributed by atoms with E-state index in [2.05, 4.69) is 21.9 Å². The fraction of sp³-hybridized carbons (Fsp3) is 0.400. The Morgan fingerprint density at radius 1 is 1.11 bits per heavy atom. The van der Waals surface area contributed by atoms with Gasteiger partial charge in [0.25, 0.3) is 5.91 Å². The highest BCUT2D eigenvalue weighted by atomic mass is 32.2. The third-order valence-electron chi connectivity index (χ3n) is 6.86. The van der Waals surface area contributed by atoms with Crippen molar-refractivity contribution in [2.24, 2.45) is 5.41 Å². The van der Waals surface area contributed by atoms with E-state index in [4.69, 9.17) is 4.98 Å². The van der Waals surface area contributed by atoms with Gasteiger partial charge in [0.15, 0.2) is 5.82 Å². The molecule has 1 aliphatic rings. The molecule has 2 atom stereocenters. The Bertz CT molecular complexity index is 1290. The van der Waals surface area contributed by atoms with Crippen molar-refractivity contribution in [3.05, 3.63) is 77.4 Å². The Morgan fingerprint density at radius 2 is 1.87 bits per heavy atom. The molecule has 0 radical (unpaired) electrons. The number of nitrogens with one attached hydrogen (secondary N) is 2. The zero-order valence-electron chi connectivity index (χ0n) is 22.4. The van der Waals surface area contributed by atoms with Gasteiger partial charge in [-0.2, -0.15) is 11.8 Å². The van der Waals surface area contributed by atoms with Crippen molar-refractivity contribution in [1.82, 2.24) is 15.3 Å². The minimum atomic E-state index is -0.659. The maximum Gasteiger partial charge on any atom is 0.254 e. The van der Waals surface area contributed by atoms with Crippen LogP contribution in [0.2, 0.25) is 0 Å². The first kappa shape index (κ1) is 27.8.